The van der Waals surface area contributed by atoms with E-state index in [2.05, 4.69) is 10.6 Å². The lowest BCUT2D eigenvalue weighted by molar-refractivity contribution is -0.138. The Hall–Kier alpha value is -3.03. The van der Waals surface area contributed by atoms with Crippen molar-refractivity contribution in [2.45, 2.75) is 50.7 Å². The molecule has 0 radical (unpaired) electrons. The van der Waals surface area contributed by atoms with E-state index in [0.717, 1.165) is 0 Å². The Morgan fingerprint density at radius 1 is 1.07 bits per heavy atom. The Morgan fingerprint density at radius 2 is 1.75 bits per heavy atom. The second-order valence-electron chi connectivity index (χ2n) is 9.57. The molecule has 0 bridgehead atoms. The van der Waals surface area contributed by atoms with Crippen LogP contribution in [0.1, 0.15) is 31.4 Å². The SMILES string of the molecule is CC(C)C(Nc1ccc(CNC(=O)[C@@H]2SCCN2C(=O)C[C@H](N)Cc2cc(F)c(F)cc2F)cc1F)C(=O)O.Cl. The van der Waals surface area contributed by atoms with E-state index in [4.69, 9.17) is 5.73 Å². The summed E-state index contributed by atoms with van der Waals surface area (Å²) in [6.45, 7) is 3.64. The van der Waals surface area contributed by atoms with Crippen LogP contribution >= 0.6 is 24.2 Å². The van der Waals surface area contributed by atoms with E-state index in [9.17, 15) is 37.1 Å². The van der Waals surface area contributed by atoms with E-state index in [1.165, 1.54) is 28.8 Å². The van der Waals surface area contributed by atoms with Gasteiger partial charge in [-0.25, -0.2) is 22.4 Å². The Bertz CT molecular complexity index is 1240. The number of aliphatic carboxylic acids is 1. The molecule has 1 saturated heterocycles. The summed E-state index contributed by atoms with van der Waals surface area (Å²) in [5.41, 5.74) is 6.26. The quantitative estimate of drug-likeness (QED) is 0.227. The number of carboxylic acid groups (broad SMARTS) is 1. The molecule has 14 heteroatoms. The molecule has 0 spiro atoms. The third-order valence-corrected chi connectivity index (χ3v) is 7.39. The molecule has 1 heterocycles. The van der Waals surface area contributed by atoms with Crippen LogP contribution < -0.4 is 16.4 Å². The maximum Gasteiger partial charge on any atom is 0.326 e. The fraction of sp³-hybridized carbons (Fsp3) is 0.423. The van der Waals surface area contributed by atoms with Crippen LogP contribution in [-0.4, -0.2) is 57.5 Å². The van der Waals surface area contributed by atoms with Gasteiger partial charge < -0.3 is 26.4 Å². The normalized spacial score (nSPS) is 16.3. The average molecular weight is 607 g/mol. The number of rotatable bonds is 11. The van der Waals surface area contributed by atoms with Crippen LogP contribution in [0.3, 0.4) is 0 Å². The van der Waals surface area contributed by atoms with Crippen molar-refractivity contribution in [2.24, 2.45) is 11.7 Å². The zero-order chi connectivity index (χ0) is 28.9. The summed E-state index contributed by atoms with van der Waals surface area (Å²) in [7, 11) is 0. The van der Waals surface area contributed by atoms with Crippen molar-refractivity contribution >= 4 is 47.6 Å². The van der Waals surface area contributed by atoms with Crippen LogP contribution in [0.4, 0.5) is 23.2 Å². The number of benzene rings is 2. The molecule has 0 saturated carbocycles. The summed E-state index contributed by atoms with van der Waals surface area (Å²) in [6.07, 6.45) is -0.441. The lowest BCUT2D eigenvalue weighted by Crippen LogP contribution is -2.46. The first-order valence-corrected chi connectivity index (χ1v) is 13.3. The summed E-state index contributed by atoms with van der Waals surface area (Å²) >= 11 is 1.24. The van der Waals surface area contributed by atoms with Crippen LogP contribution in [0.2, 0.25) is 0 Å². The van der Waals surface area contributed by atoms with Crippen LogP contribution in [0, 0.1) is 29.2 Å². The van der Waals surface area contributed by atoms with Crippen LogP contribution in [0.15, 0.2) is 30.3 Å². The number of halogens is 5. The van der Waals surface area contributed by atoms with Gasteiger partial charge in [0.2, 0.25) is 5.91 Å². The second kappa shape index (κ2) is 14.6. The highest BCUT2D eigenvalue weighted by Crippen LogP contribution is 2.26. The molecule has 1 unspecified atom stereocenters. The van der Waals surface area contributed by atoms with Gasteiger partial charge in [0.25, 0.3) is 5.91 Å². The predicted octanol–water partition coefficient (Wildman–Crippen LogP) is 3.66. The Kier molecular flexibility index (Phi) is 12.1. The number of thioether (sulfide) groups is 1. The van der Waals surface area contributed by atoms with Gasteiger partial charge in [0, 0.05) is 37.4 Å². The largest absolute Gasteiger partial charge is 0.480 e. The van der Waals surface area contributed by atoms with Gasteiger partial charge in [-0.3, -0.25) is 9.59 Å². The lowest BCUT2D eigenvalue weighted by Gasteiger charge is -2.24. The topological polar surface area (TPSA) is 125 Å². The first kappa shape index (κ1) is 33.2. The second-order valence-corrected chi connectivity index (χ2v) is 10.8. The van der Waals surface area contributed by atoms with Crippen molar-refractivity contribution in [1.82, 2.24) is 10.2 Å². The zero-order valence-electron chi connectivity index (χ0n) is 21.8. The minimum atomic E-state index is -1.32. The fourth-order valence-corrected chi connectivity index (χ4v) is 5.27. The van der Waals surface area contributed by atoms with Crippen molar-refractivity contribution in [2.75, 3.05) is 17.6 Å². The van der Waals surface area contributed by atoms with Gasteiger partial charge in [-0.15, -0.1) is 24.2 Å². The van der Waals surface area contributed by atoms with Gasteiger partial charge >= 0.3 is 5.97 Å². The summed E-state index contributed by atoms with van der Waals surface area (Å²) in [4.78, 5) is 38.4. The highest BCUT2D eigenvalue weighted by atomic mass is 35.5. The first-order valence-electron chi connectivity index (χ1n) is 12.2. The summed E-state index contributed by atoms with van der Waals surface area (Å²) < 4.78 is 55.1. The number of amides is 2. The first-order chi connectivity index (χ1) is 18.4. The summed E-state index contributed by atoms with van der Waals surface area (Å²) in [5.74, 6) is -6.00. The van der Waals surface area contributed by atoms with Crippen LogP contribution in [0.25, 0.3) is 0 Å². The molecule has 1 fully saturated rings. The molecule has 2 amide bonds. The number of carbonyl (C=O) groups excluding carboxylic acids is 2. The molecule has 1 aliphatic rings. The average Bonchev–Trinajstić information content (AvgIpc) is 3.35. The number of anilines is 1. The monoisotopic (exact) mass is 606 g/mol. The number of carbonyl (C=O) groups is 3. The Balaban J connectivity index is 0.00000560. The smallest absolute Gasteiger partial charge is 0.326 e. The van der Waals surface area contributed by atoms with Gasteiger partial charge in [0.05, 0.1) is 5.69 Å². The van der Waals surface area contributed by atoms with Crippen molar-refractivity contribution in [3.05, 3.63) is 64.7 Å². The molecule has 3 atom stereocenters. The van der Waals surface area contributed by atoms with Gasteiger partial charge in [0.15, 0.2) is 17.0 Å². The van der Waals surface area contributed by atoms with Gasteiger partial charge in [0.1, 0.15) is 17.7 Å². The third-order valence-electron chi connectivity index (χ3n) is 6.19. The maximum absolute atomic E-state index is 14.6. The molecular formula is C26H31ClF4N4O4S. The van der Waals surface area contributed by atoms with E-state index >= 15 is 0 Å². The molecule has 8 nitrogen and oxygen atoms in total. The van der Waals surface area contributed by atoms with E-state index in [1.807, 2.05) is 0 Å². The molecule has 3 rings (SSSR count). The molecule has 1 aliphatic heterocycles. The fourth-order valence-electron chi connectivity index (χ4n) is 4.10. The number of carboxylic acids is 1. The predicted molar refractivity (Wildman–Crippen MR) is 146 cm³/mol. The Morgan fingerprint density at radius 3 is 2.38 bits per heavy atom. The van der Waals surface area contributed by atoms with Crippen LogP contribution in [0.5, 0.6) is 0 Å². The van der Waals surface area contributed by atoms with Gasteiger partial charge in [-0.2, -0.15) is 0 Å². The third kappa shape index (κ3) is 8.48. The van der Waals surface area contributed by atoms with Crippen LogP contribution in [-0.2, 0) is 27.3 Å². The summed E-state index contributed by atoms with van der Waals surface area (Å²) in [5, 5.41) is 13.8. The Labute approximate surface area is 239 Å². The van der Waals surface area contributed by atoms with Gasteiger partial charge in [-0.1, -0.05) is 19.9 Å². The van der Waals surface area contributed by atoms with Crippen molar-refractivity contribution < 1.29 is 37.1 Å². The number of hydrogen-bond donors (Lipinski definition) is 4. The number of nitrogens with two attached hydrogens (primary N) is 1. The van der Waals surface area contributed by atoms with Crippen molar-refractivity contribution in [3.8, 4) is 0 Å². The molecule has 220 valence electrons. The maximum atomic E-state index is 14.6. The molecular weight excluding hydrogens is 576 g/mol. The number of nitrogens with one attached hydrogen (secondary N) is 2. The standard InChI is InChI=1S/C26H30F4N4O4S.ClH/c1-13(2)23(26(37)38)33-21-4-3-14(7-20(21)30)12-32-24(36)25-34(5-6-39-25)22(35)10-16(31)8-15-9-18(28)19(29)11-17(15)27;/h3-4,7,9,11,13,16,23,25,33H,5-6,8,10,12,31H2,1-2H3,(H,32,36)(H,37,38);1H/t16-,23?,25+;/m1./s1. The van der Waals surface area contributed by atoms with Gasteiger partial charge in [-0.05, 0) is 41.7 Å². The molecule has 40 heavy (non-hydrogen) atoms. The molecule has 0 aromatic heterocycles. The number of nitrogens with zero attached hydrogens (tertiary/aromatic N) is 1. The highest BCUT2D eigenvalue weighted by molar-refractivity contribution is 8.00. The summed E-state index contributed by atoms with van der Waals surface area (Å²) in [6, 6.07) is 3.39. The highest BCUT2D eigenvalue weighted by Gasteiger charge is 2.35. The van der Waals surface area contributed by atoms with E-state index < -0.39 is 58.5 Å². The van der Waals surface area contributed by atoms with E-state index in [1.54, 1.807) is 19.9 Å². The molecule has 0 aliphatic carbocycles. The molecule has 5 N–H and O–H groups in total. The molecule has 2 aromatic carbocycles. The van der Waals surface area contributed by atoms with Crippen molar-refractivity contribution in [3.63, 3.8) is 0 Å². The zero-order valence-corrected chi connectivity index (χ0v) is 23.4. The minimum absolute atomic E-state index is 0. The number of hydrogen-bond acceptors (Lipinski definition) is 6. The molecule has 2 aromatic rings. The minimum Gasteiger partial charge on any atom is -0.480 e. The van der Waals surface area contributed by atoms with E-state index in [-0.39, 0.29) is 55.5 Å². The lowest BCUT2D eigenvalue weighted by atomic mass is 10.0. The van der Waals surface area contributed by atoms with E-state index in [0.29, 0.717) is 23.4 Å². The van der Waals surface area contributed by atoms with Crippen molar-refractivity contribution in [1.29, 1.82) is 0 Å².